The van der Waals surface area contributed by atoms with E-state index in [1.54, 1.807) is 18.2 Å². The van der Waals surface area contributed by atoms with Crippen LogP contribution in [0.5, 0.6) is 0 Å². The van der Waals surface area contributed by atoms with Gasteiger partial charge in [-0.15, -0.1) is 0 Å². The number of amides is 2. The number of carbonyl (C=O) groups excluding carboxylic acids is 2. The molecular formula is C21H24Cl3N5O2S. The second kappa shape index (κ2) is 11.9. The SMILES string of the molecule is CCC(=O)N1CCN(c2cc(Cl)nc(SCC(=O)NCCc3ccc(Cl)cc3Cl)n2)CC1. The predicted molar refractivity (Wildman–Crippen MR) is 130 cm³/mol. The Labute approximate surface area is 206 Å². The van der Waals surface area contributed by atoms with E-state index in [0.29, 0.717) is 71.7 Å². The van der Waals surface area contributed by atoms with E-state index in [4.69, 9.17) is 34.8 Å². The molecule has 1 saturated heterocycles. The Balaban J connectivity index is 1.48. The van der Waals surface area contributed by atoms with Gasteiger partial charge in [0.05, 0.1) is 5.75 Å². The third-order valence-electron chi connectivity index (χ3n) is 4.98. The highest BCUT2D eigenvalue weighted by atomic mass is 35.5. The van der Waals surface area contributed by atoms with Crippen molar-refractivity contribution in [1.82, 2.24) is 20.2 Å². The molecule has 7 nitrogen and oxygen atoms in total. The largest absolute Gasteiger partial charge is 0.355 e. The van der Waals surface area contributed by atoms with Crippen LogP contribution in [0.25, 0.3) is 0 Å². The smallest absolute Gasteiger partial charge is 0.230 e. The van der Waals surface area contributed by atoms with Gasteiger partial charge >= 0.3 is 0 Å². The summed E-state index contributed by atoms with van der Waals surface area (Å²) in [6.07, 6.45) is 1.12. The lowest BCUT2D eigenvalue weighted by molar-refractivity contribution is -0.131. The lowest BCUT2D eigenvalue weighted by Crippen LogP contribution is -2.48. The molecule has 1 aromatic carbocycles. The maximum absolute atomic E-state index is 12.2. The van der Waals surface area contributed by atoms with Crippen molar-refractivity contribution in [2.45, 2.75) is 24.9 Å². The number of thioether (sulfide) groups is 1. The van der Waals surface area contributed by atoms with Crippen molar-refractivity contribution in [2.24, 2.45) is 0 Å². The number of hydrogen-bond acceptors (Lipinski definition) is 6. The molecule has 1 aliphatic heterocycles. The second-order valence-electron chi connectivity index (χ2n) is 7.18. The molecule has 172 valence electrons. The minimum absolute atomic E-state index is 0.128. The van der Waals surface area contributed by atoms with Gasteiger partial charge in [0.2, 0.25) is 11.8 Å². The number of aromatic nitrogens is 2. The highest BCUT2D eigenvalue weighted by Gasteiger charge is 2.21. The van der Waals surface area contributed by atoms with E-state index in [-0.39, 0.29) is 17.6 Å². The zero-order chi connectivity index (χ0) is 23.1. The zero-order valence-corrected chi connectivity index (χ0v) is 20.7. The van der Waals surface area contributed by atoms with Gasteiger partial charge in [-0.1, -0.05) is 59.6 Å². The Kier molecular flexibility index (Phi) is 9.28. The Morgan fingerprint density at radius 2 is 1.84 bits per heavy atom. The molecule has 2 heterocycles. The summed E-state index contributed by atoms with van der Waals surface area (Å²) in [5, 5.41) is 4.79. The number of nitrogens with one attached hydrogen (secondary N) is 1. The Bertz CT molecular complexity index is 970. The average Bonchev–Trinajstić information content (AvgIpc) is 2.78. The third kappa shape index (κ3) is 7.13. The van der Waals surface area contributed by atoms with Gasteiger partial charge in [-0.25, -0.2) is 9.97 Å². The van der Waals surface area contributed by atoms with Crippen molar-refractivity contribution in [1.29, 1.82) is 0 Å². The van der Waals surface area contributed by atoms with Crippen LogP contribution in [0.15, 0.2) is 29.4 Å². The summed E-state index contributed by atoms with van der Waals surface area (Å²) in [6, 6.07) is 7.02. The van der Waals surface area contributed by atoms with E-state index in [9.17, 15) is 9.59 Å². The van der Waals surface area contributed by atoms with Crippen molar-refractivity contribution in [3.05, 3.63) is 45.0 Å². The highest BCUT2D eigenvalue weighted by molar-refractivity contribution is 7.99. The molecule has 0 saturated carbocycles. The number of hydrogen-bond donors (Lipinski definition) is 1. The second-order valence-corrected chi connectivity index (χ2v) is 9.35. The van der Waals surface area contributed by atoms with E-state index in [2.05, 4.69) is 20.2 Å². The van der Waals surface area contributed by atoms with Crippen LogP contribution in [0.1, 0.15) is 18.9 Å². The average molecular weight is 517 g/mol. The van der Waals surface area contributed by atoms with E-state index in [0.717, 1.165) is 5.56 Å². The topological polar surface area (TPSA) is 78.4 Å². The molecule has 1 aromatic heterocycles. The summed E-state index contributed by atoms with van der Waals surface area (Å²) in [7, 11) is 0. The van der Waals surface area contributed by atoms with Gasteiger partial charge in [-0.05, 0) is 24.1 Å². The van der Waals surface area contributed by atoms with Gasteiger partial charge in [-0.2, -0.15) is 0 Å². The fraction of sp³-hybridized carbons (Fsp3) is 0.429. The Morgan fingerprint density at radius 1 is 1.09 bits per heavy atom. The van der Waals surface area contributed by atoms with Crippen molar-refractivity contribution < 1.29 is 9.59 Å². The van der Waals surface area contributed by atoms with E-state index >= 15 is 0 Å². The molecule has 1 N–H and O–H groups in total. The van der Waals surface area contributed by atoms with Crippen LogP contribution in [-0.4, -0.2) is 65.2 Å². The zero-order valence-electron chi connectivity index (χ0n) is 17.6. The summed E-state index contributed by atoms with van der Waals surface area (Å²) < 4.78 is 0. The molecule has 2 amide bonds. The maximum Gasteiger partial charge on any atom is 0.230 e. The Morgan fingerprint density at radius 3 is 2.53 bits per heavy atom. The van der Waals surface area contributed by atoms with Crippen LogP contribution in [0.3, 0.4) is 0 Å². The first kappa shape index (κ1) is 24.9. The van der Waals surface area contributed by atoms with Gasteiger partial charge < -0.3 is 15.1 Å². The van der Waals surface area contributed by atoms with E-state index in [1.807, 2.05) is 17.9 Å². The van der Waals surface area contributed by atoms with Gasteiger partial charge in [-0.3, -0.25) is 9.59 Å². The molecule has 2 aromatic rings. The van der Waals surface area contributed by atoms with Crippen molar-refractivity contribution in [3.8, 4) is 0 Å². The Hall–Kier alpha value is -1.74. The van der Waals surface area contributed by atoms with Crippen molar-refractivity contribution in [3.63, 3.8) is 0 Å². The summed E-state index contributed by atoms with van der Waals surface area (Å²) in [4.78, 5) is 36.8. The molecule has 0 unspecified atom stereocenters. The quantitative estimate of drug-likeness (QED) is 0.325. The fourth-order valence-electron chi connectivity index (χ4n) is 3.26. The molecule has 1 aliphatic rings. The molecule has 0 spiro atoms. The standard InChI is InChI=1S/C21H24Cl3N5O2S/c1-2-20(31)29-9-7-28(8-10-29)18-12-17(24)26-21(27-18)32-13-19(30)25-6-5-14-3-4-15(22)11-16(14)23/h3-4,11-12H,2,5-10,13H2,1H3,(H,25,30). The summed E-state index contributed by atoms with van der Waals surface area (Å²) in [5.74, 6) is 0.907. The molecule has 0 atom stereocenters. The number of benzene rings is 1. The van der Waals surface area contributed by atoms with Gasteiger partial charge in [0.1, 0.15) is 11.0 Å². The van der Waals surface area contributed by atoms with E-state index in [1.165, 1.54) is 11.8 Å². The monoisotopic (exact) mass is 515 g/mol. The van der Waals surface area contributed by atoms with E-state index < -0.39 is 0 Å². The van der Waals surface area contributed by atoms with Crippen LogP contribution in [-0.2, 0) is 16.0 Å². The van der Waals surface area contributed by atoms with Crippen LogP contribution in [0.2, 0.25) is 15.2 Å². The molecule has 1 fully saturated rings. The van der Waals surface area contributed by atoms with Gasteiger partial charge in [0, 0.05) is 55.3 Å². The van der Waals surface area contributed by atoms with Crippen LogP contribution in [0.4, 0.5) is 5.82 Å². The molecule has 32 heavy (non-hydrogen) atoms. The predicted octanol–water partition coefficient (Wildman–Crippen LogP) is 3.95. The normalized spacial score (nSPS) is 13.9. The molecule has 0 radical (unpaired) electrons. The molecule has 0 bridgehead atoms. The fourth-order valence-corrected chi connectivity index (χ4v) is 4.68. The first-order valence-corrected chi connectivity index (χ1v) is 12.4. The lowest BCUT2D eigenvalue weighted by atomic mass is 10.1. The first-order valence-electron chi connectivity index (χ1n) is 10.3. The molecule has 11 heteroatoms. The van der Waals surface area contributed by atoms with Crippen molar-refractivity contribution >= 4 is 64.2 Å². The summed E-state index contributed by atoms with van der Waals surface area (Å²) >= 11 is 19.5. The number of rotatable bonds is 8. The lowest BCUT2D eigenvalue weighted by Gasteiger charge is -2.35. The number of halogens is 3. The minimum atomic E-state index is -0.128. The van der Waals surface area contributed by atoms with Crippen LogP contribution in [0, 0.1) is 0 Å². The molecule has 0 aliphatic carbocycles. The number of nitrogens with zero attached hydrogens (tertiary/aromatic N) is 4. The molecular weight excluding hydrogens is 493 g/mol. The number of piperazine rings is 1. The highest BCUT2D eigenvalue weighted by Crippen LogP contribution is 2.23. The maximum atomic E-state index is 12.2. The first-order chi connectivity index (χ1) is 15.4. The summed E-state index contributed by atoms with van der Waals surface area (Å²) in [5.41, 5.74) is 0.924. The van der Waals surface area contributed by atoms with Gasteiger partial charge in [0.25, 0.3) is 0 Å². The number of carbonyl (C=O) groups is 2. The van der Waals surface area contributed by atoms with Gasteiger partial charge in [0.15, 0.2) is 5.16 Å². The summed E-state index contributed by atoms with van der Waals surface area (Å²) in [6.45, 7) is 4.98. The number of anilines is 1. The van der Waals surface area contributed by atoms with Crippen molar-refractivity contribution in [2.75, 3.05) is 43.4 Å². The van der Waals surface area contributed by atoms with Crippen LogP contribution < -0.4 is 10.2 Å². The third-order valence-corrected chi connectivity index (χ3v) is 6.61. The van der Waals surface area contributed by atoms with Crippen LogP contribution >= 0.6 is 46.6 Å². The minimum Gasteiger partial charge on any atom is -0.355 e. The molecule has 3 rings (SSSR count).